The molecule has 2 heterocycles. The van der Waals surface area contributed by atoms with E-state index in [1.165, 1.54) is 6.20 Å². The zero-order valence-corrected chi connectivity index (χ0v) is 11.8. The van der Waals surface area contributed by atoms with Gasteiger partial charge >= 0.3 is 0 Å². The molecule has 1 fully saturated rings. The zero-order valence-electron chi connectivity index (χ0n) is 11.0. The van der Waals surface area contributed by atoms with Crippen LogP contribution in [-0.2, 0) is 4.79 Å². The van der Waals surface area contributed by atoms with Crippen LogP contribution in [0.4, 0.5) is 0 Å². The number of piperidine rings is 1. The highest BCUT2D eigenvalue weighted by Gasteiger charge is 2.22. The van der Waals surface area contributed by atoms with E-state index in [0.29, 0.717) is 10.6 Å². The van der Waals surface area contributed by atoms with Crippen molar-refractivity contribution in [3.05, 3.63) is 29.0 Å². The van der Waals surface area contributed by atoms with Crippen molar-refractivity contribution < 1.29 is 9.59 Å². The Bertz CT molecular complexity index is 501. The summed E-state index contributed by atoms with van der Waals surface area (Å²) in [5, 5.41) is 3.34. The molecule has 6 nitrogen and oxygen atoms in total. The van der Waals surface area contributed by atoms with Crippen molar-refractivity contribution in [2.24, 2.45) is 5.73 Å². The third kappa shape index (κ3) is 3.91. The van der Waals surface area contributed by atoms with Crippen LogP contribution in [0.5, 0.6) is 0 Å². The van der Waals surface area contributed by atoms with Crippen LogP contribution < -0.4 is 11.1 Å². The molecule has 20 heavy (non-hydrogen) atoms. The van der Waals surface area contributed by atoms with Crippen LogP contribution >= 0.6 is 11.6 Å². The number of rotatable bonds is 4. The Balaban J connectivity index is 1.85. The van der Waals surface area contributed by atoms with Gasteiger partial charge in [-0.1, -0.05) is 11.6 Å². The average molecular weight is 297 g/mol. The van der Waals surface area contributed by atoms with Gasteiger partial charge in [-0.25, -0.2) is 0 Å². The summed E-state index contributed by atoms with van der Waals surface area (Å²) >= 11 is 5.96. The molecule has 0 saturated carbocycles. The Morgan fingerprint density at radius 2 is 2.15 bits per heavy atom. The number of carbonyl (C=O) groups is 2. The third-order valence-corrected chi connectivity index (χ3v) is 3.64. The second-order valence-electron chi connectivity index (χ2n) is 4.85. The number of aromatic nitrogens is 1. The minimum atomic E-state index is -0.324. The lowest BCUT2D eigenvalue weighted by atomic mass is 10.0. The zero-order chi connectivity index (χ0) is 14.5. The van der Waals surface area contributed by atoms with Gasteiger partial charge in [0.05, 0.1) is 17.1 Å². The molecule has 1 aromatic rings. The fraction of sp³-hybridized carbons (Fsp3) is 0.462. The fourth-order valence-electron chi connectivity index (χ4n) is 2.26. The Morgan fingerprint density at radius 3 is 2.75 bits per heavy atom. The number of amides is 2. The van der Waals surface area contributed by atoms with Crippen LogP contribution in [0.25, 0.3) is 0 Å². The SMILES string of the molecule is NC(=O)CN1CCC(NC(=O)c2cnccc2Cl)CC1. The molecule has 108 valence electrons. The van der Waals surface area contributed by atoms with Crippen LogP contribution in [0.15, 0.2) is 18.5 Å². The van der Waals surface area contributed by atoms with E-state index in [0.717, 1.165) is 25.9 Å². The molecule has 2 rings (SSSR count). The number of carbonyl (C=O) groups excluding carboxylic acids is 2. The summed E-state index contributed by atoms with van der Waals surface area (Å²) < 4.78 is 0. The minimum Gasteiger partial charge on any atom is -0.369 e. The summed E-state index contributed by atoms with van der Waals surface area (Å²) in [6.45, 7) is 1.76. The van der Waals surface area contributed by atoms with Crippen molar-refractivity contribution in [1.29, 1.82) is 0 Å². The van der Waals surface area contributed by atoms with Gasteiger partial charge in [-0.15, -0.1) is 0 Å². The van der Waals surface area contributed by atoms with E-state index >= 15 is 0 Å². The van der Waals surface area contributed by atoms with E-state index in [4.69, 9.17) is 17.3 Å². The standard InChI is InChI=1S/C13H17ClN4O2/c14-11-1-4-16-7-10(11)13(20)17-9-2-5-18(6-3-9)8-12(15)19/h1,4,7,9H,2-3,5-6,8H2,(H2,15,19)(H,17,20). The number of hydrogen-bond acceptors (Lipinski definition) is 4. The van der Waals surface area contributed by atoms with Crippen molar-refractivity contribution in [3.63, 3.8) is 0 Å². The summed E-state index contributed by atoms with van der Waals surface area (Å²) in [4.78, 5) is 28.8. The molecule has 1 aliphatic heterocycles. The lowest BCUT2D eigenvalue weighted by molar-refractivity contribution is -0.119. The largest absolute Gasteiger partial charge is 0.369 e. The van der Waals surface area contributed by atoms with Gasteiger partial charge < -0.3 is 11.1 Å². The first-order chi connectivity index (χ1) is 9.56. The smallest absolute Gasteiger partial charge is 0.254 e. The van der Waals surface area contributed by atoms with Gasteiger partial charge in [-0.2, -0.15) is 0 Å². The second-order valence-corrected chi connectivity index (χ2v) is 5.25. The number of hydrogen-bond donors (Lipinski definition) is 2. The minimum absolute atomic E-state index is 0.0860. The maximum absolute atomic E-state index is 12.1. The van der Waals surface area contributed by atoms with Crippen LogP contribution in [0, 0.1) is 0 Å². The van der Waals surface area contributed by atoms with Crippen LogP contribution in [0.1, 0.15) is 23.2 Å². The number of nitrogens with one attached hydrogen (secondary N) is 1. The Kier molecular flexibility index (Phi) is 4.92. The molecule has 0 spiro atoms. The number of nitrogens with zero attached hydrogens (tertiary/aromatic N) is 2. The molecule has 0 aliphatic carbocycles. The summed E-state index contributed by atoms with van der Waals surface area (Å²) in [6.07, 6.45) is 4.58. The molecular formula is C13H17ClN4O2. The van der Waals surface area contributed by atoms with E-state index in [2.05, 4.69) is 10.3 Å². The first-order valence-corrected chi connectivity index (χ1v) is 6.85. The van der Waals surface area contributed by atoms with Crippen molar-refractivity contribution in [2.75, 3.05) is 19.6 Å². The molecule has 0 bridgehead atoms. The lowest BCUT2D eigenvalue weighted by Crippen LogP contribution is -2.46. The first-order valence-electron chi connectivity index (χ1n) is 6.47. The average Bonchev–Trinajstić information content (AvgIpc) is 2.41. The quantitative estimate of drug-likeness (QED) is 0.842. The molecular weight excluding hydrogens is 280 g/mol. The predicted molar refractivity (Wildman–Crippen MR) is 75.4 cm³/mol. The normalized spacial score (nSPS) is 16.9. The van der Waals surface area contributed by atoms with Crippen molar-refractivity contribution in [1.82, 2.24) is 15.2 Å². The molecule has 1 aromatic heterocycles. The van der Waals surface area contributed by atoms with Gasteiger partial charge in [0.25, 0.3) is 5.91 Å². The van der Waals surface area contributed by atoms with E-state index in [-0.39, 0.29) is 24.4 Å². The monoisotopic (exact) mass is 296 g/mol. The maximum atomic E-state index is 12.1. The molecule has 0 atom stereocenters. The number of pyridine rings is 1. The van der Waals surface area contributed by atoms with Crippen LogP contribution in [-0.4, -0.2) is 47.4 Å². The second kappa shape index (κ2) is 6.67. The highest BCUT2D eigenvalue weighted by Crippen LogP contribution is 2.15. The molecule has 1 aliphatic rings. The van der Waals surface area contributed by atoms with Crippen LogP contribution in [0.2, 0.25) is 5.02 Å². The van der Waals surface area contributed by atoms with Crippen molar-refractivity contribution >= 4 is 23.4 Å². The van der Waals surface area contributed by atoms with Gasteiger partial charge in [0.15, 0.2) is 0 Å². The van der Waals surface area contributed by atoms with Gasteiger partial charge in [-0.05, 0) is 18.9 Å². The highest BCUT2D eigenvalue weighted by atomic mass is 35.5. The first kappa shape index (κ1) is 14.7. The van der Waals surface area contributed by atoms with Gasteiger partial charge in [0, 0.05) is 31.5 Å². The van der Waals surface area contributed by atoms with E-state index in [1.807, 2.05) is 4.90 Å². The summed E-state index contributed by atoms with van der Waals surface area (Å²) in [5.74, 6) is -0.536. The van der Waals surface area contributed by atoms with E-state index < -0.39 is 0 Å². The molecule has 0 unspecified atom stereocenters. The van der Waals surface area contributed by atoms with Gasteiger partial charge in [0.1, 0.15) is 0 Å². The summed E-state index contributed by atoms with van der Waals surface area (Å²) in [7, 11) is 0. The molecule has 2 amide bonds. The lowest BCUT2D eigenvalue weighted by Gasteiger charge is -2.31. The predicted octanol–water partition coefficient (Wildman–Crippen LogP) is 0.415. The maximum Gasteiger partial charge on any atom is 0.254 e. The Morgan fingerprint density at radius 1 is 1.45 bits per heavy atom. The fourth-order valence-corrected chi connectivity index (χ4v) is 2.45. The van der Waals surface area contributed by atoms with E-state index in [9.17, 15) is 9.59 Å². The number of primary amides is 1. The number of likely N-dealkylation sites (tertiary alicyclic amines) is 1. The molecule has 7 heteroatoms. The van der Waals surface area contributed by atoms with Crippen molar-refractivity contribution in [2.45, 2.75) is 18.9 Å². The molecule has 3 N–H and O–H groups in total. The Hall–Kier alpha value is -1.66. The Labute approximate surface area is 122 Å². The van der Waals surface area contributed by atoms with Crippen LogP contribution in [0.3, 0.4) is 0 Å². The number of halogens is 1. The number of nitrogens with two attached hydrogens (primary N) is 1. The highest BCUT2D eigenvalue weighted by molar-refractivity contribution is 6.33. The summed E-state index contributed by atoms with van der Waals surface area (Å²) in [5.41, 5.74) is 5.54. The van der Waals surface area contributed by atoms with E-state index in [1.54, 1.807) is 12.3 Å². The van der Waals surface area contributed by atoms with Gasteiger partial charge in [0.2, 0.25) is 5.91 Å². The van der Waals surface area contributed by atoms with Gasteiger partial charge in [-0.3, -0.25) is 19.5 Å². The molecule has 0 radical (unpaired) electrons. The molecule has 0 aromatic carbocycles. The van der Waals surface area contributed by atoms with Crippen molar-refractivity contribution in [3.8, 4) is 0 Å². The topological polar surface area (TPSA) is 88.3 Å². The third-order valence-electron chi connectivity index (χ3n) is 3.31. The summed E-state index contributed by atoms with van der Waals surface area (Å²) in [6, 6.07) is 1.68. The molecule has 1 saturated heterocycles.